The molecule has 1 N–H and O–H groups in total. The van der Waals surface area contributed by atoms with Gasteiger partial charge in [-0.2, -0.15) is 0 Å². The van der Waals surface area contributed by atoms with Crippen LogP contribution in [0, 0.1) is 0 Å². The van der Waals surface area contributed by atoms with Crippen molar-refractivity contribution in [2.45, 2.75) is 13.0 Å². The lowest BCUT2D eigenvalue weighted by Gasteiger charge is -2.18. The molecule has 4 nitrogen and oxygen atoms in total. The molecular formula is C18H20BrClN2O2. The van der Waals surface area contributed by atoms with Gasteiger partial charge >= 0.3 is 6.03 Å². The summed E-state index contributed by atoms with van der Waals surface area (Å²) in [5.74, 6) is 0.646. The van der Waals surface area contributed by atoms with Crippen LogP contribution in [-0.4, -0.2) is 31.1 Å². The highest BCUT2D eigenvalue weighted by Gasteiger charge is 2.08. The van der Waals surface area contributed by atoms with Crippen molar-refractivity contribution in [3.8, 4) is 5.75 Å². The molecule has 0 aliphatic heterocycles. The van der Waals surface area contributed by atoms with E-state index < -0.39 is 0 Å². The number of benzene rings is 2. The maximum absolute atomic E-state index is 12.0. The van der Waals surface area contributed by atoms with Gasteiger partial charge in [-0.3, -0.25) is 0 Å². The number of nitrogens with zero attached hydrogens (tertiary/aromatic N) is 1. The molecule has 0 atom stereocenters. The molecule has 0 spiro atoms. The first-order valence-corrected chi connectivity index (χ1v) is 8.84. The molecule has 0 bridgehead atoms. The lowest BCUT2D eigenvalue weighted by molar-refractivity contribution is 0.205. The Kier molecular flexibility index (Phi) is 7.40. The quantitative estimate of drug-likeness (QED) is 0.670. The van der Waals surface area contributed by atoms with Crippen LogP contribution in [-0.2, 0) is 6.54 Å². The van der Waals surface area contributed by atoms with Crippen molar-refractivity contribution in [2.24, 2.45) is 0 Å². The van der Waals surface area contributed by atoms with Gasteiger partial charge < -0.3 is 15.0 Å². The summed E-state index contributed by atoms with van der Waals surface area (Å²) in [6.45, 7) is 1.62. The van der Waals surface area contributed by atoms with E-state index in [2.05, 4.69) is 21.2 Å². The number of amides is 2. The van der Waals surface area contributed by atoms with E-state index in [1.807, 2.05) is 42.5 Å². The van der Waals surface area contributed by atoms with E-state index in [-0.39, 0.29) is 6.03 Å². The van der Waals surface area contributed by atoms with Crippen molar-refractivity contribution < 1.29 is 9.53 Å². The van der Waals surface area contributed by atoms with Crippen LogP contribution < -0.4 is 10.1 Å². The normalized spacial score (nSPS) is 10.3. The van der Waals surface area contributed by atoms with E-state index >= 15 is 0 Å². The van der Waals surface area contributed by atoms with Gasteiger partial charge in [0, 0.05) is 24.6 Å². The minimum absolute atomic E-state index is 0.0967. The average Bonchev–Trinajstić information content (AvgIpc) is 2.57. The second-order valence-electron chi connectivity index (χ2n) is 5.35. The molecule has 6 heteroatoms. The number of urea groups is 1. The molecule has 0 radical (unpaired) electrons. The smallest absolute Gasteiger partial charge is 0.317 e. The molecule has 2 aromatic carbocycles. The van der Waals surface area contributed by atoms with Crippen LogP contribution in [0.15, 0.2) is 53.0 Å². The number of hydrogen-bond donors (Lipinski definition) is 1. The minimum atomic E-state index is -0.0967. The van der Waals surface area contributed by atoms with E-state index in [1.54, 1.807) is 18.0 Å². The van der Waals surface area contributed by atoms with E-state index in [9.17, 15) is 4.79 Å². The monoisotopic (exact) mass is 410 g/mol. The second-order valence-corrected chi connectivity index (χ2v) is 6.67. The van der Waals surface area contributed by atoms with Gasteiger partial charge in [-0.25, -0.2) is 4.79 Å². The Morgan fingerprint density at radius 1 is 1.25 bits per heavy atom. The molecule has 2 aromatic rings. The summed E-state index contributed by atoms with van der Waals surface area (Å²) in [5, 5.41) is 3.44. The molecule has 0 heterocycles. The van der Waals surface area contributed by atoms with Crippen LogP contribution in [0.4, 0.5) is 4.79 Å². The summed E-state index contributed by atoms with van der Waals surface area (Å²) in [6.07, 6.45) is 0.706. The number of carbonyl (C=O) groups is 1. The SMILES string of the molecule is CN(Cc1ccccc1)C(=O)NCCCOc1ccc(Br)cc1Cl. The van der Waals surface area contributed by atoms with Gasteiger partial charge in [0.15, 0.2) is 0 Å². The first-order chi connectivity index (χ1) is 11.6. The standard InChI is InChI=1S/C18H20BrClN2O2/c1-22(13-14-6-3-2-4-7-14)18(23)21-10-5-11-24-17-9-8-15(19)12-16(17)20/h2-4,6-9,12H,5,10-11,13H2,1H3,(H,21,23). The van der Waals surface area contributed by atoms with Crippen LogP contribution >= 0.6 is 27.5 Å². The third kappa shape index (κ3) is 6.06. The zero-order valence-electron chi connectivity index (χ0n) is 13.5. The third-order valence-corrected chi connectivity index (χ3v) is 4.15. The highest BCUT2D eigenvalue weighted by molar-refractivity contribution is 9.10. The summed E-state index contributed by atoms with van der Waals surface area (Å²) in [6, 6.07) is 15.3. The number of carbonyl (C=O) groups excluding carboxylic acids is 1. The predicted octanol–water partition coefficient (Wildman–Crippen LogP) is 4.71. The van der Waals surface area contributed by atoms with Gasteiger partial charge in [0.25, 0.3) is 0 Å². The molecule has 0 aliphatic rings. The number of nitrogens with one attached hydrogen (secondary N) is 1. The lowest BCUT2D eigenvalue weighted by atomic mass is 10.2. The highest BCUT2D eigenvalue weighted by atomic mass is 79.9. The first-order valence-electron chi connectivity index (χ1n) is 7.67. The van der Waals surface area contributed by atoms with Crippen LogP contribution in [0.3, 0.4) is 0 Å². The van der Waals surface area contributed by atoms with Gasteiger partial charge in [0.05, 0.1) is 11.6 Å². The Hall–Kier alpha value is -1.72. The fourth-order valence-corrected chi connectivity index (χ4v) is 2.83. The molecule has 2 rings (SSSR count). The van der Waals surface area contributed by atoms with Crippen molar-refractivity contribution in [1.29, 1.82) is 0 Å². The topological polar surface area (TPSA) is 41.6 Å². The Bertz CT molecular complexity index is 667. The summed E-state index contributed by atoms with van der Waals surface area (Å²) in [7, 11) is 1.78. The fourth-order valence-electron chi connectivity index (χ4n) is 2.11. The maximum Gasteiger partial charge on any atom is 0.317 e. The van der Waals surface area contributed by atoms with E-state index in [4.69, 9.17) is 16.3 Å². The van der Waals surface area contributed by atoms with Crippen molar-refractivity contribution in [3.63, 3.8) is 0 Å². The van der Waals surface area contributed by atoms with Crippen molar-refractivity contribution in [2.75, 3.05) is 20.2 Å². The first kappa shape index (κ1) is 18.6. The minimum Gasteiger partial charge on any atom is -0.492 e. The maximum atomic E-state index is 12.0. The molecule has 0 fully saturated rings. The lowest BCUT2D eigenvalue weighted by Crippen LogP contribution is -2.37. The zero-order valence-corrected chi connectivity index (χ0v) is 15.8. The Morgan fingerprint density at radius 3 is 2.71 bits per heavy atom. The number of ether oxygens (including phenoxy) is 1. The van der Waals surface area contributed by atoms with E-state index in [1.165, 1.54) is 0 Å². The fraction of sp³-hybridized carbons (Fsp3) is 0.278. The zero-order chi connectivity index (χ0) is 17.4. The Morgan fingerprint density at radius 2 is 2.00 bits per heavy atom. The van der Waals surface area contributed by atoms with Crippen molar-refractivity contribution >= 4 is 33.6 Å². The van der Waals surface area contributed by atoms with Crippen molar-refractivity contribution in [3.05, 3.63) is 63.6 Å². The van der Waals surface area contributed by atoms with Crippen LogP contribution in [0.2, 0.25) is 5.02 Å². The molecule has 0 aliphatic carbocycles. The van der Waals surface area contributed by atoms with E-state index in [0.29, 0.717) is 36.9 Å². The van der Waals surface area contributed by atoms with Gasteiger partial charge in [0.2, 0.25) is 0 Å². The third-order valence-electron chi connectivity index (χ3n) is 3.36. The van der Waals surface area contributed by atoms with Gasteiger partial charge in [-0.15, -0.1) is 0 Å². The molecular weight excluding hydrogens is 392 g/mol. The summed E-state index contributed by atoms with van der Waals surface area (Å²) < 4.78 is 6.52. The molecule has 0 saturated heterocycles. The molecule has 0 saturated carbocycles. The largest absolute Gasteiger partial charge is 0.492 e. The molecule has 24 heavy (non-hydrogen) atoms. The Balaban J connectivity index is 1.65. The van der Waals surface area contributed by atoms with Gasteiger partial charge in [-0.1, -0.05) is 57.9 Å². The van der Waals surface area contributed by atoms with E-state index in [0.717, 1.165) is 10.0 Å². The molecule has 0 unspecified atom stereocenters. The summed E-state index contributed by atoms with van der Waals surface area (Å²) in [5.41, 5.74) is 1.10. The van der Waals surface area contributed by atoms with Gasteiger partial charge in [0.1, 0.15) is 5.75 Å². The van der Waals surface area contributed by atoms with Crippen molar-refractivity contribution in [1.82, 2.24) is 10.2 Å². The number of halogens is 2. The summed E-state index contributed by atoms with van der Waals surface area (Å²) in [4.78, 5) is 13.7. The number of rotatable bonds is 7. The molecule has 128 valence electrons. The highest BCUT2D eigenvalue weighted by Crippen LogP contribution is 2.27. The van der Waals surface area contributed by atoms with Crippen LogP contribution in [0.1, 0.15) is 12.0 Å². The summed E-state index contributed by atoms with van der Waals surface area (Å²) >= 11 is 9.43. The second kappa shape index (κ2) is 9.55. The van der Waals surface area contributed by atoms with Crippen LogP contribution in [0.5, 0.6) is 5.75 Å². The van der Waals surface area contributed by atoms with Crippen LogP contribution in [0.25, 0.3) is 0 Å². The molecule has 0 aromatic heterocycles. The predicted molar refractivity (Wildman–Crippen MR) is 101 cm³/mol. The van der Waals surface area contributed by atoms with Gasteiger partial charge in [-0.05, 0) is 30.2 Å². The number of hydrogen-bond acceptors (Lipinski definition) is 2. The average molecular weight is 412 g/mol. The molecule has 2 amide bonds. The Labute approximate surface area is 155 Å².